The van der Waals surface area contributed by atoms with E-state index in [1.807, 2.05) is 30.5 Å². The van der Waals surface area contributed by atoms with Crippen LogP contribution in [0.15, 0.2) is 36.7 Å². The summed E-state index contributed by atoms with van der Waals surface area (Å²) in [6.07, 6.45) is 3.59. The van der Waals surface area contributed by atoms with Crippen LogP contribution in [-0.2, 0) is 0 Å². The maximum absolute atomic E-state index is 5.27. The summed E-state index contributed by atoms with van der Waals surface area (Å²) in [4.78, 5) is 4.02. The van der Waals surface area contributed by atoms with Gasteiger partial charge in [0.25, 0.3) is 0 Å². The Hall–Kier alpha value is -1.61. The van der Waals surface area contributed by atoms with Gasteiger partial charge in [0, 0.05) is 23.5 Å². The second-order valence-electron chi connectivity index (χ2n) is 2.58. The van der Waals surface area contributed by atoms with Crippen molar-refractivity contribution in [1.82, 2.24) is 4.98 Å². The molecule has 1 aromatic carbocycles. The molecule has 0 fully saturated rings. The van der Waals surface area contributed by atoms with E-state index in [-0.39, 0.29) is 0 Å². The standard InChI is InChI=1S/C9H9N3/c10-12-9-2-1-7-3-4-11-6-8(7)5-9/h1-6,12H,10H2. The number of hydrazine groups is 1. The zero-order chi connectivity index (χ0) is 8.39. The first-order valence-corrected chi connectivity index (χ1v) is 3.70. The van der Waals surface area contributed by atoms with Gasteiger partial charge in [-0.05, 0) is 23.6 Å². The number of pyridine rings is 1. The van der Waals surface area contributed by atoms with Crippen molar-refractivity contribution >= 4 is 16.5 Å². The molecule has 0 saturated carbocycles. The predicted octanol–water partition coefficient (Wildman–Crippen LogP) is 1.52. The first kappa shape index (κ1) is 7.06. The highest BCUT2D eigenvalue weighted by Crippen LogP contribution is 2.16. The summed E-state index contributed by atoms with van der Waals surface area (Å²) in [6.45, 7) is 0. The molecule has 0 saturated heterocycles. The quantitative estimate of drug-likeness (QED) is 0.490. The molecule has 3 nitrogen and oxygen atoms in total. The number of fused-ring (bicyclic) bond motifs is 1. The molecular weight excluding hydrogens is 150 g/mol. The normalized spacial score (nSPS) is 10.1. The number of aromatic nitrogens is 1. The lowest BCUT2D eigenvalue weighted by atomic mass is 10.2. The van der Waals surface area contributed by atoms with Crippen molar-refractivity contribution in [2.24, 2.45) is 5.84 Å². The van der Waals surface area contributed by atoms with E-state index < -0.39 is 0 Å². The Morgan fingerprint density at radius 3 is 2.92 bits per heavy atom. The SMILES string of the molecule is NNc1ccc2ccncc2c1. The van der Waals surface area contributed by atoms with Gasteiger partial charge in [-0.3, -0.25) is 10.8 Å². The van der Waals surface area contributed by atoms with E-state index in [9.17, 15) is 0 Å². The highest BCUT2D eigenvalue weighted by molar-refractivity contribution is 5.84. The first-order chi connectivity index (χ1) is 5.90. The molecular formula is C9H9N3. The minimum Gasteiger partial charge on any atom is -0.324 e. The van der Waals surface area contributed by atoms with Crippen LogP contribution in [0.2, 0.25) is 0 Å². The fraction of sp³-hybridized carbons (Fsp3) is 0. The average Bonchev–Trinajstić information content (AvgIpc) is 2.17. The van der Waals surface area contributed by atoms with Gasteiger partial charge in [-0.25, -0.2) is 0 Å². The number of hydrogen-bond donors (Lipinski definition) is 2. The van der Waals surface area contributed by atoms with Gasteiger partial charge in [0.1, 0.15) is 0 Å². The van der Waals surface area contributed by atoms with Gasteiger partial charge in [0.2, 0.25) is 0 Å². The van der Waals surface area contributed by atoms with Crippen LogP contribution in [0.3, 0.4) is 0 Å². The van der Waals surface area contributed by atoms with Crippen LogP contribution < -0.4 is 11.3 Å². The smallest absolute Gasteiger partial charge is 0.0492 e. The molecule has 60 valence electrons. The van der Waals surface area contributed by atoms with Crippen molar-refractivity contribution in [2.45, 2.75) is 0 Å². The van der Waals surface area contributed by atoms with E-state index in [0.29, 0.717) is 0 Å². The molecule has 1 aromatic heterocycles. The molecule has 0 radical (unpaired) electrons. The average molecular weight is 159 g/mol. The van der Waals surface area contributed by atoms with Gasteiger partial charge >= 0.3 is 0 Å². The molecule has 3 heteroatoms. The summed E-state index contributed by atoms with van der Waals surface area (Å²) < 4.78 is 0. The molecule has 0 spiro atoms. The zero-order valence-electron chi connectivity index (χ0n) is 6.49. The highest BCUT2D eigenvalue weighted by Gasteiger charge is 1.92. The van der Waals surface area contributed by atoms with Gasteiger partial charge in [0.05, 0.1) is 0 Å². The molecule has 3 N–H and O–H groups in total. The topological polar surface area (TPSA) is 50.9 Å². The summed E-state index contributed by atoms with van der Waals surface area (Å²) >= 11 is 0. The van der Waals surface area contributed by atoms with E-state index in [4.69, 9.17) is 5.84 Å². The van der Waals surface area contributed by atoms with Crippen molar-refractivity contribution in [1.29, 1.82) is 0 Å². The number of rotatable bonds is 1. The lowest BCUT2D eigenvalue weighted by Crippen LogP contribution is -2.06. The number of hydrogen-bond acceptors (Lipinski definition) is 3. The van der Waals surface area contributed by atoms with E-state index >= 15 is 0 Å². The molecule has 2 aromatic rings. The summed E-state index contributed by atoms with van der Waals surface area (Å²) in [5.41, 5.74) is 3.49. The van der Waals surface area contributed by atoms with Crippen LogP contribution in [0.5, 0.6) is 0 Å². The minimum absolute atomic E-state index is 0.899. The van der Waals surface area contributed by atoms with Crippen LogP contribution in [0.25, 0.3) is 10.8 Å². The lowest BCUT2D eigenvalue weighted by molar-refractivity contribution is 1.34. The molecule has 0 bridgehead atoms. The monoisotopic (exact) mass is 159 g/mol. The van der Waals surface area contributed by atoms with Crippen LogP contribution in [0, 0.1) is 0 Å². The third-order valence-electron chi connectivity index (χ3n) is 1.81. The Labute approximate surface area is 70.2 Å². The number of nitrogen functional groups attached to an aromatic ring is 1. The van der Waals surface area contributed by atoms with E-state index in [2.05, 4.69) is 10.4 Å². The molecule has 0 aliphatic heterocycles. The number of nitrogens with two attached hydrogens (primary N) is 1. The zero-order valence-corrected chi connectivity index (χ0v) is 6.49. The molecule has 2 rings (SSSR count). The minimum atomic E-state index is 0.899. The number of benzene rings is 1. The number of nitrogens with one attached hydrogen (secondary N) is 1. The third-order valence-corrected chi connectivity index (χ3v) is 1.81. The Balaban J connectivity index is 2.67. The fourth-order valence-corrected chi connectivity index (χ4v) is 1.17. The molecule has 0 aliphatic carbocycles. The second-order valence-corrected chi connectivity index (χ2v) is 2.58. The summed E-state index contributed by atoms with van der Waals surface area (Å²) in [5, 5.41) is 2.26. The summed E-state index contributed by atoms with van der Waals surface area (Å²) in [7, 11) is 0. The van der Waals surface area contributed by atoms with E-state index in [0.717, 1.165) is 11.1 Å². The van der Waals surface area contributed by atoms with E-state index in [1.54, 1.807) is 6.20 Å². The van der Waals surface area contributed by atoms with Crippen molar-refractivity contribution in [3.8, 4) is 0 Å². The third kappa shape index (κ3) is 1.10. The van der Waals surface area contributed by atoms with Gasteiger partial charge in [-0.1, -0.05) is 6.07 Å². The highest BCUT2D eigenvalue weighted by atomic mass is 15.2. The van der Waals surface area contributed by atoms with Crippen LogP contribution in [-0.4, -0.2) is 4.98 Å². The molecule has 0 aliphatic rings. The van der Waals surface area contributed by atoms with Crippen molar-refractivity contribution in [3.63, 3.8) is 0 Å². The van der Waals surface area contributed by atoms with Gasteiger partial charge in [0.15, 0.2) is 0 Å². The maximum atomic E-state index is 5.27. The lowest BCUT2D eigenvalue weighted by Gasteiger charge is -2.00. The number of nitrogens with zero attached hydrogens (tertiary/aromatic N) is 1. The van der Waals surface area contributed by atoms with Gasteiger partial charge in [-0.15, -0.1) is 0 Å². The molecule has 0 unspecified atom stereocenters. The van der Waals surface area contributed by atoms with Crippen LogP contribution in [0.1, 0.15) is 0 Å². The van der Waals surface area contributed by atoms with Crippen LogP contribution in [0.4, 0.5) is 5.69 Å². The van der Waals surface area contributed by atoms with Crippen molar-refractivity contribution in [2.75, 3.05) is 5.43 Å². The predicted molar refractivity (Wildman–Crippen MR) is 49.6 cm³/mol. The van der Waals surface area contributed by atoms with E-state index in [1.165, 1.54) is 5.39 Å². The maximum Gasteiger partial charge on any atom is 0.0492 e. The largest absolute Gasteiger partial charge is 0.324 e. The molecule has 0 atom stereocenters. The van der Waals surface area contributed by atoms with Gasteiger partial charge < -0.3 is 5.43 Å². The Bertz CT molecular complexity index is 398. The Kier molecular flexibility index (Phi) is 1.64. The second kappa shape index (κ2) is 2.79. The van der Waals surface area contributed by atoms with Crippen molar-refractivity contribution < 1.29 is 0 Å². The molecule has 1 heterocycles. The van der Waals surface area contributed by atoms with Gasteiger partial charge in [-0.2, -0.15) is 0 Å². The Morgan fingerprint density at radius 2 is 2.08 bits per heavy atom. The Morgan fingerprint density at radius 1 is 1.17 bits per heavy atom. The molecule has 12 heavy (non-hydrogen) atoms. The molecule has 0 amide bonds. The first-order valence-electron chi connectivity index (χ1n) is 3.70. The van der Waals surface area contributed by atoms with Crippen LogP contribution >= 0.6 is 0 Å². The van der Waals surface area contributed by atoms with Crippen molar-refractivity contribution in [3.05, 3.63) is 36.7 Å². The fourth-order valence-electron chi connectivity index (χ4n) is 1.17. The summed E-state index contributed by atoms with van der Waals surface area (Å²) in [5.74, 6) is 5.27. The summed E-state index contributed by atoms with van der Waals surface area (Å²) in [6, 6.07) is 7.87. The number of anilines is 1.